The standard InChI is InChI=1S/C53H42N2O5/c1-2-3-11-32-60-41-28-24-38(25-29-41)55(47-23-13-17-36-15-8-10-21-43(36)47)40-27-31-45(49(57)34-40)51-52(58)50(53(51)59)44-30-26-39(33-48(44)56)54(37-18-5-4-6-19-37)46-22-12-16-35-14-7-9-20-42(35)46/h4-10,12-31,33-34H,2-3,11,32H2,1H3,(H2,56,57,58,59)/p+1. The van der Waals surface area contributed by atoms with Gasteiger partial charge in [0, 0.05) is 58.2 Å². The monoisotopic (exact) mass is 787 g/mol. The molecule has 7 aromatic rings. The molecule has 0 radical (unpaired) electrons. The number of carbonyl (C=O) groups excluding carboxylic acids is 1. The van der Waals surface area contributed by atoms with Crippen molar-refractivity contribution in [2.45, 2.75) is 26.2 Å². The molecule has 0 saturated carbocycles. The summed E-state index contributed by atoms with van der Waals surface area (Å²) in [6, 6.07) is 51.3. The number of hydrogen-bond acceptors (Lipinski definition) is 6. The van der Waals surface area contributed by atoms with Gasteiger partial charge in [0.15, 0.2) is 0 Å². The lowest BCUT2D eigenvalue weighted by Gasteiger charge is -2.28. The minimum Gasteiger partial charge on any atom is -0.507 e. The van der Waals surface area contributed by atoms with Gasteiger partial charge in [-0.2, -0.15) is 4.58 Å². The zero-order chi connectivity index (χ0) is 41.2. The molecule has 2 aliphatic rings. The number of nitrogens with zero attached hydrogens (tertiary/aromatic N) is 2. The fourth-order valence-electron chi connectivity index (χ4n) is 8.12. The van der Waals surface area contributed by atoms with Gasteiger partial charge in [0.2, 0.25) is 22.9 Å². The number of phenolic OH excluding ortho intramolecular Hbond substituents is 1. The van der Waals surface area contributed by atoms with Crippen molar-refractivity contribution in [1.82, 2.24) is 4.58 Å². The van der Waals surface area contributed by atoms with E-state index < -0.39 is 5.78 Å². The number of ketones is 1. The van der Waals surface area contributed by atoms with E-state index in [4.69, 9.17) is 4.74 Å². The van der Waals surface area contributed by atoms with E-state index in [1.165, 1.54) is 0 Å². The Morgan fingerprint density at radius 2 is 1.30 bits per heavy atom. The predicted octanol–water partition coefficient (Wildman–Crippen LogP) is 12.9. The molecule has 0 atom stereocenters. The van der Waals surface area contributed by atoms with Gasteiger partial charge >= 0.3 is 0 Å². The number of allylic oxidation sites excluding steroid dienone is 5. The maximum absolute atomic E-state index is 13.9. The van der Waals surface area contributed by atoms with Gasteiger partial charge in [-0.05, 0) is 71.8 Å². The normalized spacial score (nSPS) is 15.9. The van der Waals surface area contributed by atoms with Crippen LogP contribution in [0.2, 0.25) is 0 Å². The van der Waals surface area contributed by atoms with E-state index in [1.807, 2.05) is 115 Å². The Balaban J connectivity index is 1.07. The lowest BCUT2D eigenvalue weighted by atomic mass is 9.79. The molecular weight excluding hydrogens is 745 g/mol. The summed E-state index contributed by atoms with van der Waals surface area (Å²) in [5.74, 6) is -0.322. The fourth-order valence-corrected chi connectivity index (χ4v) is 8.12. The third-order valence-electron chi connectivity index (χ3n) is 11.1. The smallest absolute Gasteiger partial charge is 0.219 e. The van der Waals surface area contributed by atoms with E-state index in [0.29, 0.717) is 18.0 Å². The minimum atomic E-state index is -0.479. The fraction of sp³-hybridized carbons (Fsp3) is 0.0943. The van der Waals surface area contributed by atoms with Crippen LogP contribution in [0, 0.1) is 0 Å². The van der Waals surface area contributed by atoms with Crippen molar-refractivity contribution in [3.05, 3.63) is 204 Å². The summed E-state index contributed by atoms with van der Waals surface area (Å²) in [7, 11) is 0. The number of unbranched alkanes of at least 4 members (excludes halogenated alkanes) is 2. The average Bonchev–Trinajstić information content (AvgIpc) is 3.28. The second kappa shape index (κ2) is 16.3. The number of aromatic hydroxyl groups is 1. The first-order chi connectivity index (χ1) is 29.4. The van der Waals surface area contributed by atoms with E-state index in [1.54, 1.807) is 24.3 Å². The molecule has 0 heterocycles. The molecule has 9 rings (SSSR count). The molecule has 294 valence electrons. The quantitative estimate of drug-likeness (QED) is 0.0687. The van der Waals surface area contributed by atoms with Crippen LogP contribution in [0.4, 0.5) is 28.4 Å². The van der Waals surface area contributed by atoms with Crippen LogP contribution in [-0.2, 0) is 4.79 Å². The van der Waals surface area contributed by atoms with Crippen molar-refractivity contribution in [3.8, 4) is 11.5 Å². The highest BCUT2D eigenvalue weighted by atomic mass is 16.5. The number of phenols is 1. The van der Waals surface area contributed by atoms with Crippen molar-refractivity contribution < 1.29 is 24.9 Å². The second-order valence-electron chi connectivity index (χ2n) is 14.9. The lowest BCUT2D eigenvalue weighted by Crippen LogP contribution is -2.24. The molecule has 7 aromatic carbocycles. The molecule has 0 fully saturated rings. The number of rotatable bonds is 11. The van der Waals surface area contributed by atoms with Crippen molar-refractivity contribution in [2.24, 2.45) is 0 Å². The number of aliphatic hydroxyl groups is 2. The number of fused-ring (bicyclic) bond motifs is 2. The maximum Gasteiger partial charge on any atom is 0.219 e. The molecule has 7 nitrogen and oxygen atoms in total. The van der Waals surface area contributed by atoms with E-state index >= 15 is 0 Å². The molecule has 0 aliphatic heterocycles. The van der Waals surface area contributed by atoms with Crippen LogP contribution in [-0.4, -0.2) is 33.4 Å². The summed E-state index contributed by atoms with van der Waals surface area (Å²) in [6.07, 6.45) is 8.32. The van der Waals surface area contributed by atoms with E-state index in [2.05, 4.69) is 52.8 Å². The minimum absolute atomic E-state index is 0.0108. The molecular formula is C53H43N2O5+. The molecule has 0 amide bonds. The Morgan fingerprint density at radius 3 is 2.02 bits per heavy atom. The molecule has 2 aliphatic carbocycles. The number of ether oxygens (including phenoxy) is 1. The van der Waals surface area contributed by atoms with Gasteiger partial charge in [0.1, 0.15) is 23.0 Å². The first-order valence-electron chi connectivity index (χ1n) is 20.3. The van der Waals surface area contributed by atoms with Crippen LogP contribution < -0.4 is 14.2 Å². The number of aliphatic hydroxyl groups excluding tert-OH is 2. The summed E-state index contributed by atoms with van der Waals surface area (Å²) in [6.45, 7) is 2.82. The van der Waals surface area contributed by atoms with Crippen molar-refractivity contribution >= 4 is 67.0 Å². The molecule has 0 unspecified atom stereocenters. The summed E-state index contributed by atoms with van der Waals surface area (Å²) in [5, 5.41) is 38.8. The Bertz CT molecular complexity index is 2950. The van der Waals surface area contributed by atoms with Gasteiger partial charge in [-0.25, -0.2) is 0 Å². The Hall–Kier alpha value is -7.64. The maximum atomic E-state index is 13.9. The first-order valence-corrected chi connectivity index (χ1v) is 20.3. The highest BCUT2D eigenvalue weighted by molar-refractivity contribution is 6.40. The molecule has 0 saturated heterocycles. The van der Waals surface area contributed by atoms with Gasteiger partial charge in [-0.15, -0.1) is 0 Å². The van der Waals surface area contributed by atoms with Gasteiger partial charge in [-0.1, -0.05) is 105 Å². The third-order valence-corrected chi connectivity index (χ3v) is 11.1. The van der Waals surface area contributed by atoms with Gasteiger partial charge in [-0.3, -0.25) is 4.79 Å². The first kappa shape index (κ1) is 37.9. The summed E-state index contributed by atoms with van der Waals surface area (Å²) in [4.78, 5) is 16.0. The van der Waals surface area contributed by atoms with E-state index in [9.17, 15) is 20.1 Å². The van der Waals surface area contributed by atoms with Crippen LogP contribution in [0.25, 0.3) is 27.1 Å². The number of hydrogen-bond donors (Lipinski definition) is 3. The molecule has 0 aromatic heterocycles. The van der Waals surface area contributed by atoms with Gasteiger partial charge in [0.25, 0.3) is 0 Å². The Labute approximate surface area is 348 Å². The molecule has 0 spiro atoms. The van der Waals surface area contributed by atoms with Crippen LogP contribution in [0.5, 0.6) is 11.5 Å². The zero-order valence-corrected chi connectivity index (χ0v) is 33.1. The highest BCUT2D eigenvalue weighted by Gasteiger charge is 2.40. The SMILES string of the molecule is CCCCCOc1ccc(N(c2ccc(C3=C(O)C(=C4C=CC(=[N+](c5ccccc5)c5cccc6ccccc56)C=C4O)C3=O)c(O)c2)c2cccc3ccccc23)cc1. The largest absolute Gasteiger partial charge is 0.507 e. The Morgan fingerprint density at radius 1 is 0.633 bits per heavy atom. The van der Waals surface area contributed by atoms with Crippen molar-refractivity contribution in [1.29, 1.82) is 0 Å². The highest BCUT2D eigenvalue weighted by Crippen LogP contribution is 2.46. The van der Waals surface area contributed by atoms with Crippen LogP contribution in [0.1, 0.15) is 31.7 Å². The van der Waals surface area contributed by atoms with E-state index in [0.717, 1.165) is 69.3 Å². The van der Waals surface area contributed by atoms with Crippen molar-refractivity contribution in [2.75, 3.05) is 11.5 Å². The Kier molecular flexibility index (Phi) is 10.3. The number of benzene rings is 7. The number of Topliss-reactive ketones (excluding diaryl/α,β-unsaturated/α-hetero) is 1. The van der Waals surface area contributed by atoms with Crippen LogP contribution in [0.15, 0.2) is 199 Å². The number of anilines is 3. The second-order valence-corrected chi connectivity index (χ2v) is 14.9. The van der Waals surface area contributed by atoms with Gasteiger partial charge in [0.05, 0.1) is 34.9 Å². The third kappa shape index (κ3) is 7.00. The summed E-state index contributed by atoms with van der Waals surface area (Å²) >= 11 is 0. The number of carbonyl (C=O) groups is 1. The number of para-hydroxylation sites is 1. The average molecular weight is 788 g/mol. The van der Waals surface area contributed by atoms with Gasteiger partial charge < -0.3 is 25.0 Å². The van der Waals surface area contributed by atoms with Crippen LogP contribution >= 0.6 is 0 Å². The van der Waals surface area contributed by atoms with Crippen molar-refractivity contribution in [3.63, 3.8) is 0 Å². The summed E-state index contributed by atoms with van der Waals surface area (Å²) < 4.78 is 8.05. The molecule has 0 bridgehead atoms. The summed E-state index contributed by atoms with van der Waals surface area (Å²) in [5.41, 5.74) is 5.26. The van der Waals surface area contributed by atoms with E-state index in [-0.39, 0.29) is 39.6 Å². The molecule has 60 heavy (non-hydrogen) atoms. The lowest BCUT2D eigenvalue weighted by molar-refractivity contribution is -0.111. The topological polar surface area (TPSA) is 93.2 Å². The predicted molar refractivity (Wildman–Crippen MR) is 244 cm³/mol. The van der Waals surface area contributed by atoms with Crippen LogP contribution in [0.3, 0.4) is 0 Å². The molecule has 7 heteroatoms. The molecule has 3 N–H and O–H groups in total. The zero-order valence-electron chi connectivity index (χ0n) is 33.1.